The van der Waals surface area contributed by atoms with E-state index in [1.807, 2.05) is 6.07 Å². The van der Waals surface area contributed by atoms with Crippen molar-refractivity contribution in [1.82, 2.24) is 0 Å². The van der Waals surface area contributed by atoms with Gasteiger partial charge >= 0.3 is 0 Å². The van der Waals surface area contributed by atoms with Gasteiger partial charge in [0.05, 0.1) is 6.10 Å². The van der Waals surface area contributed by atoms with E-state index in [1.165, 1.54) is 6.07 Å². The summed E-state index contributed by atoms with van der Waals surface area (Å²) in [7, 11) is 0. The number of benzene rings is 1. The minimum absolute atomic E-state index is 0.192. The van der Waals surface area contributed by atoms with E-state index in [0.29, 0.717) is 18.1 Å². The van der Waals surface area contributed by atoms with Gasteiger partial charge in [-0.25, -0.2) is 4.39 Å². The number of ether oxygens (including phenoxy) is 1. The standard InChI is InChI=1S/C14H20FNO/c1-10(2)14-9-13(6-7-17-14)16-12-5-3-4-11(15)8-12/h3-5,8,10,13-14,16H,6-7,9H2,1-2H3. The average molecular weight is 237 g/mol. The molecule has 17 heavy (non-hydrogen) atoms. The van der Waals surface area contributed by atoms with Crippen molar-refractivity contribution in [2.24, 2.45) is 5.92 Å². The summed E-state index contributed by atoms with van der Waals surface area (Å²) in [6.07, 6.45) is 2.29. The lowest BCUT2D eigenvalue weighted by atomic mass is 9.95. The second kappa shape index (κ2) is 5.50. The second-order valence-corrected chi connectivity index (χ2v) is 5.03. The second-order valence-electron chi connectivity index (χ2n) is 5.03. The van der Waals surface area contributed by atoms with Crippen LogP contribution in [0, 0.1) is 11.7 Å². The van der Waals surface area contributed by atoms with Gasteiger partial charge in [0, 0.05) is 18.3 Å². The highest BCUT2D eigenvalue weighted by molar-refractivity contribution is 5.44. The number of anilines is 1. The van der Waals surface area contributed by atoms with Crippen LogP contribution in [0.15, 0.2) is 24.3 Å². The van der Waals surface area contributed by atoms with Gasteiger partial charge in [-0.05, 0) is 37.0 Å². The van der Waals surface area contributed by atoms with Gasteiger partial charge in [-0.1, -0.05) is 19.9 Å². The van der Waals surface area contributed by atoms with E-state index >= 15 is 0 Å². The van der Waals surface area contributed by atoms with Crippen LogP contribution >= 0.6 is 0 Å². The van der Waals surface area contributed by atoms with Crippen LogP contribution in [-0.2, 0) is 4.74 Å². The molecule has 0 bridgehead atoms. The molecule has 1 saturated heterocycles. The minimum atomic E-state index is -0.192. The lowest BCUT2D eigenvalue weighted by molar-refractivity contribution is -0.0160. The summed E-state index contributed by atoms with van der Waals surface area (Å²) in [5, 5.41) is 3.39. The Hall–Kier alpha value is -1.09. The molecule has 2 unspecified atom stereocenters. The fourth-order valence-corrected chi connectivity index (χ4v) is 2.24. The van der Waals surface area contributed by atoms with Crippen LogP contribution in [0.4, 0.5) is 10.1 Å². The zero-order valence-corrected chi connectivity index (χ0v) is 10.4. The van der Waals surface area contributed by atoms with Crippen molar-refractivity contribution < 1.29 is 9.13 Å². The van der Waals surface area contributed by atoms with Crippen molar-refractivity contribution >= 4 is 5.69 Å². The van der Waals surface area contributed by atoms with E-state index in [-0.39, 0.29) is 5.82 Å². The first-order valence-electron chi connectivity index (χ1n) is 6.29. The van der Waals surface area contributed by atoms with Gasteiger partial charge in [-0.2, -0.15) is 0 Å². The summed E-state index contributed by atoms with van der Waals surface area (Å²) in [6.45, 7) is 5.14. The Morgan fingerprint density at radius 1 is 1.41 bits per heavy atom. The largest absolute Gasteiger partial charge is 0.382 e. The summed E-state index contributed by atoms with van der Waals surface area (Å²) >= 11 is 0. The minimum Gasteiger partial charge on any atom is -0.382 e. The molecule has 1 N–H and O–H groups in total. The topological polar surface area (TPSA) is 21.3 Å². The molecule has 1 heterocycles. The van der Waals surface area contributed by atoms with Gasteiger partial charge in [0.2, 0.25) is 0 Å². The SMILES string of the molecule is CC(C)C1CC(Nc2cccc(F)c2)CCO1. The summed E-state index contributed by atoms with van der Waals surface area (Å²) in [6, 6.07) is 7.03. The Morgan fingerprint density at radius 3 is 2.94 bits per heavy atom. The Bertz CT molecular complexity index is 367. The Labute approximate surface area is 102 Å². The van der Waals surface area contributed by atoms with Gasteiger partial charge < -0.3 is 10.1 Å². The maximum absolute atomic E-state index is 13.1. The smallest absolute Gasteiger partial charge is 0.125 e. The fourth-order valence-electron chi connectivity index (χ4n) is 2.24. The van der Waals surface area contributed by atoms with E-state index in [9.17, 15) is 4.39 Å². The van der Waals surface area contributed by atoms with E-state index in [1.54, 1.807) is 12.1 Å². The van der Waals surface area contributed by atoms with E-state index in [4.69, 9.17) is 4.74 Å². The fraction of sp³-hybridized carbons (Fsp3) is 0.571. The molecule has 0 aromatic heterocycles. The van der Waals surface area contributed by atoms with Crippen LogP contribution in [0.5, 0.6) is 0 Å². The highest BCUT2D eigenvalue weighted by Crippen LogP contribution is 2.23. The van der Waals surface area contributed by atoms with Crippen molar-refractivity contribution in [3.05, 3.63) is 30.1 Å². The van der Waals surface area contributed by atoms with Crippen molar-refractivity contribution in [1.29, 1.82) is 0 Å². The third kappa shape index (κ3) is 3.43. The van der Waals surface area contributed by atoms with E-state index < -0.39 is 0 Å². The first kappa shape index (κ1) is 12.4. The molecule has 0 aliphatic carbocycles. The van der Waals surface area contributed by atoms with Crippen LogP contribution in [0.2, 0.25) is 0 Å². The highest BCUT2D eigenvalue weighted by atomic mass is 19.1. The number of nitrogens with one attached hydrogen (secondary N) is 1. The molecule has 1 aromatic rings. The number of rotatable bonds is 3. The van der Waals surface area contributed by atoms with Crippen LogP contribution in [0.25, 0.3) is 0 Å². The average Bonchev–Trinajstić information content (AvgIpc) is 2.29. The molecule has 1 aliphatic heterocycles. The molecule has 94 valence electrons. The lowest BCUT2D eigenvalue weighted by Gasteiger charge is -2.32. The van der Waals surface area contributed by atoms with Crippen LogP contribution < -0.4 is 5.32 Å². The lowest BCUT2D eigenvalue weighted by Crippen LogP contribution is -2.36. The Balaban J connectivity index is 1.94. The molecular formula is C14H20FNO. The van der Waals surface area contributed by atoms with Gasteiger partial charge in [0.1, 0.15) is 5.82 Å². The first-order chi connectivity index (χ1) is 8.15. The highest BCUT2D eigenvalue weighted by Gasteiger charge is 2.24. The molecule has 0 amide bonds. The third-order valence-electron chi connectivity index (χ3n) is 3.25. The molecule has 2 atom stereocenters. The number of halogens is 1. The van der Waals surface area contributed by atoms with Crippen molar-refractivity contribution in [3.63, 3.8) is 0 Å². The molecule has 0 spiro atoms. The molecule has 0 radical (unpaired) electrons. The molecule has 3 heteroatoms. The van der Waals surface area contributed by atoms with Crippen molar-refractivity contribution in [2.75, 3.05) is 11.9 Å². The van der Waals surface area contributed by atoms with Crippen LogP contribution in [0.1, 0.15) is 26.7 Å². The van der Waals surface area contributed by atoms with Crippen molar-refractivity contribution in [2.45, 2.75) is 38.8 Å². The summed E-state index contributed by atoms with van der Waals surface area (Å²) in [4.78, 5) is 0. The monoisotopic (exact) mass is 237 g/mol. The van der Waals surface area contributed by atoms with Gasteiger partial charge in [-0.3, -0.25) is 0 Å². The van der Waals surface area contributed by atoms with Gasteiger partial charge in [0.15, 0.2) is 0 Å². The first-order valence-corrected chi connectivity index (χ1v) is 6.29. The normalized spacial score (nSPS) is 24.9. The zero-order chi connectivity index (χ0) is 12.3. The zero-order valence-electron chi connectivity index (χ0n) is 10.4. The molecule has 2 rings (SSSR count). The van der Waals surface area contributed by atoms with E-state index in [0.717, 1.165) is 25.1 Å². The molecule has 1 aliphatic rings. The molecule has 0 saturated carbocycles. The van der Waals surface area contributed by atoms with Crippen LogP contribution in [0.3, 0.4) is 0 Å². The maximum atomic E-state index is 13.1. The summed E-state index contributed by atoms with van der Waals surface area (Å²) < 4.78 is 18.8. The molecule has 2 nitrogen and oxygen atoms in total. The number of hydrogen-bond donors (Lipinski definition) is 1. The molecular weight excluding hydrogens is 217 g/mol. The Kier molecular flexibility index (Phi) is 4.00. The van der Waals surface area contributed by atoms with E-state index in [2.05, 4.69) is 19.2 Å². The van der Waals surface area contributed by atoms with Crippen LogP contribution in [-0.4, -0.2) is 18.8 Å². The van der Waals surface area contributed by atoms with Gasteiger partial charge in [0.25, 0.3) is 0 Å². The molecule has 1 fully saturated rings. The number of hydrogen-bond acceptors (Lipinski definition) is 2. The van der Waals surface area contributed by atoms with Crippen molar-refractivity contribution in [3.8, 4) is 0 Å². The summed E-state index contributed by atoms with van der Waals surface area (Å²) in [5.41, 5.74) is 0.861. The predicted molar refractivity (Wildman–Crippen MR) is 67.6 cm³/mol. The summed E-state index contributed by atoms with van der Waals surface area (Å²) in [5.74, 6) is 0.342. The Morgan fingerprint density at radius 2 is 2.24 bits per heavy atom. The van der Waals surface area contributed by atoms with Gasteiger partial charge in [-0.15, -0.1) is 0 Å². The molecule has 1 aromatic carbocycles. The third-order valence-corrected chi connectivity index (χ3v) is 3.25. The predicted octanol–water partition coefficient (Wildman–Crippen LogP) is 3.44. The quantitative estimate of drug-likeness (QED) is 0.869. The maximum Gasteiger partial charge on any atom is 0.125 e.